The first-order chi connectivity index (χ1) is 11.1. The molecule has 0 radical (unpaired) electrons. The quantitative estimate of drug-likeness (QED) is 0.794. The fraction of sp³-hybridized carbons (Fsp3) is 0.316. The molecule has 1 amide bonds. The number of para-hydroxylation sites is 2. The monoisotopic (exact) mass is 313 g/mol. The third kappa shape index (κ3) is 4.74. The second-order valence-corrected chi connectivity index (χ2v) is 5.53. The van der Waals surface area contributed by atoms with Crippen molar-refractivity contribution in [2.24, 2.45) is 0 Å². The van der Waals surface area contributed by atoms with Crippen LogP contribution >= 0.6 is 0 Å². The van der Waals surface area contributed by atoms with E-state index in [4.69, 9.17) is 9.47 Å². The van der Waals surface area contributed by atoms with Gasteiger partial charge in [0.2, 0.25) is 0 Å². The van der Waals surface area contributed by atoms with E-state index in [-0.39, 0.29) is 5.91 Å². The summed E-state index contributed by atoms with van der Waals surface area (Å²) in [6, 6.07) is 15.1. The number of carbonyl (C=O) groups excluding carboxylic acids is 1. The van der Waals surface area contributed by atoms with Gasteiger partial charge in [-0.2, -0.15) is 0 Å². The van der Waals surface area contributed by atoms with Crippen LogP contribution in [0.1, 0.15) is 35.7 Å². The van der Waals surface area contributed by atoms with Gasteiger partial charge in [0.25, 0.3) is 5.91 Å². The molecule has 2 aromatic rings. The molecule has 0 fully saturated rings. The number of amides is 1. The zero-order chi connectivity index (χ0) is 16.7. The molecule has 2 aromatic carbocycles. The number of rotatable bonds is 7. The van der Waals surface area contributed by atoms with Crippen molar-refractivity contribution in [1.82, 2.24) is 5.32 Å². The lowest BCUT2D eigenvalue weighted by molar-refractivity contribution is 0.0947. The number of benzene rings is 2. The van der Waals surface area contributed by atoms with Gasteiger partial charge in [-0.15, -0.1) is 0 Å². The molecule has 122 valence electrons. The summed E-state index contributed by atoms with van der Waals surface area (Å²) in [6.45, 7) is 5.08. The Balaban J connectivity index is 1.80. The van der Waals surface area contributed by atoms with Gasteiger partial charge in [0, 0.05) is 5.56 Å². The largest absolute Gasteiger partial charge is 0.493 e. The Bertz CT molecular complexity index is 635. The zero-order valence-electron chi connectivity index (χ0n) is 13.8. The van der Waals surface area contributed by atoms with E-state index in [0.29, 0.717) is 36.1 Å². The van der Waals surface area contributed by atoms with Crippen LogP contribution in [0.4, 0.5) is 0 Å². The average Bonchev–Trinajstić information content (AvgIpc) is 2.59. The Labute approximate surface area is 137 Å². The van der Waals surface area contributed by atoms with Crippen LogP contribution in [-0.2, 0) is 0 Å². The second-order valence-electron chi connectivity index (χ2n) is 5.53. The summed E-state index contributed by atoms with van der Waals surface area (Å²) in [5.41, 5.74) is 1.88. The van der Waals surface area contributed by atoms with Gasteiger partial charge in [-0.1, -0.05) is 38.1 Å². The van der Waals surface area contributed by atoms with Gasteiger partial charge in [-0.25, -0.2) is 0 Å². The molecule has 0 saturated heterocycles. The van der Waals surface area contributed by atoms with Crippen LogP contribution in [0.5, 0.6) is 11.5 Å². The third-order valence-electron chi connectivity index (χ3n) is 3.55. The number of hydrogen-bond donors (Lipinski definition) is 1. The first-order valence-corrected chi connectivity index (χ1v) is 7.75. The highest BCUT2D eigenvalue weighted by Crippen LogP contribution is 2.25. The lowest BCUT2D eigenvalue weighted by Gasteiger charge is -2.11. The Hall–Kier alpha value is -2.49. The molecule has 1 N–H and O–H groups in total. The Morgan fingerprint density at radius 1 is 1.04 bits per heavy atom. The smallest absolute Gasteiger partial charge is 0.251 e. The van der Waals surface area contributed by atoms with E-state index in [1.807, 2.05) is 48.5 Å². The highest BCUT2D eigenvalue weighted by atomic mass is 16.5. The van der Waals surface area contributed by atoms with Gasteiger partial charge >= 0.3 is 0 Å². The molecule has 0 aliphatic rings. The van der Waals surface area contributed by atoms with Gasteiger partial charge in [0.1, 0.15) is 6.61 Å². The molecule has 0 saturated carbocycles. The van der Waals surface area contributed by atoms with E-state index in [1.165, 1.54) is 5.56 Å². The van der Waals surface area contributed by atoms with Crippen molar-refractivity contribution >= 4 is 5.91 Å². The summed E-state index contributed by atoms with van der Waals surface area (Å²) in [4.78, 5) is 12.1. The molecular formula is C19H23NO3. The highest BCUT2D eigenvalue weighted by Gasteiger charge is 2.07. The maximum atomic E-state index is 12.1. The van der Waals surface area contributed by atoms with Gasteiger partial charge < -0.3 is 14.8 Å². The van der Waals surface area contributed by atoms with E-state index >= 15 is 0 Å². The molecule has 0 spiro atoms. The van der Waals surface area contributed by atoms with Gasteiger partial charge in [-0.3, -0.25) is 4.79 Å². The zero-order valence-corrected chi connectivity index (χ0v) is 13.8. The summed E-state index contributed by atoms with van der Waals surface area (Å²) < 4.78 is 10.8. The minimum Gasteiger partial charge on any atom is -0.493 e. The van der Waals surface area contributed by atoms with Gasteiger partial charge in [0.05, 0.1) is 13.7 Å². The van der Waals surface area contributed by atoms with E-state index in [9.17, 15) is 4.79 Å². The van der Waals surface area contributed by atoms with Crippen molar-refractivity contribution in [3.63, 3.8) is 0 Å². The molecule has 0 bridgehead atoms. The topological polar surface area (TPSA) is 47.6 Å². The fourth-order valence-corrected chi connectivity index (χ4v) is 2.19. The molecule has 0 heterocycles. The molecule has 0 aliphatic carbocycles. The van der Waals surface area contributed by atoms with Gasteiger partial charge in [0.15, 0.2) is 11.5 Å². The number of hydrogen-bond acceptors (Lipinski definition) is 3. The van der Waals surface area contributed by atoms with Crippen molar-refractivity contribution in [2.45, 2.75) is 19.8 Å². The summed E-state index contributed by atoms with van der Waals surface area (Å²) in [6.07, 6.45) is 0. The van der Waals surface area contributed by atoms with Crippen molar-refractivity contribution in [2.75, 3.05) is 20.3 Å². The first kappa shape index (κ1) is 16.9. The lowest BCUT2D eigenvalue weighted by Crippen LogP contribution is -2.28. The average molecular weight is 313 g/mol. The molecule has 0 aliphatic heterocycles. The maximum absolute atomic E-state index is 12.1. The maximum Gasteiger partial charge on any atom is 0.251 e. The standard InChI is InChI=1S/C19H23NO3/c1-14(2)15-8-10-16(11-9-15)19(21)20-12-13-23-18-7-5-4-6-17(18)22-3/h4-11,14H,12-13H2,1-3H3,(H,20,21). The van der Waals surface area contributed by atoms with Crippen LogP contribution in [-0.4, -0.2) is 26.2 Å². The summed E-state index contributed by atoms with van der Waals surface area (Å²) in [5.74, 6) is 1.72. The predicted molar refractivity (Wildman–Crippen MR) is 91.4 cm³/mol. The molecular weight excluding hydrogens is 290 g/mol. The van der Waals surface area contributed by atoms with Crippen molar-refractivity contribution in [3.05, 3.63) is 59.7 Å². The lowest BCUT2D eigenvalue weighted by atomic mass is 10.0. The van der Waals surface area contributed by atoms with Crippen molar-refractivity contribution < 1.29 is 14.3 Å². The summed E-state index contributed by atoms with van der Waals surface area (Å²) >= 11 is 0. The fourth-order valence-electron chi connectivity index (χ4n) is 2.19. The van der Waals surface area contributed by atoms with Crippen molar-refractivity contribution in [3.8, 4) is 11.5 Å². The minimum absolute atomic E-state index is 0.0936. The van der Waals surface area contributed by atoms with Crippen LogP contribution in [0.15, 0.2) is 48.5 Å². The van der Waals surface area contributed by atoms with E-state index < -0.39 is 0 Å². The van der Waals surface area contributed by atoms with Crippen molar-refractivity contribution in [1.29, 1.82) is 0 Å². The third-order valence-corrected chi connectivity index (χ3v) is 3.55. The van der Waals surface area contributed by atoms with Crippen LogP contribution in [0.2, 0.25) is 0 Å². The normalized spacial score (nSPS) is 10.4. The van der Waals surface area contributed by atoms with E-state index in [1.54, 1.807) is 7.11 Å². The Morgan fingerprint density at radius 2 is 1.70 bits per heavy atom. The Morgan fingerprint density at radius 3 is 2.30 bits per heavy atom. The predicted octanol–water partition coefficient (Wildman–Crippen LogP) is 3.63. The molecule has 0 unspecified atom stereocenters. The molecule has 0 atom stereocenters. The second kappa shape index (κ2) is 8.22. The molecule has 0 aromatic heterocycles. The number of nitrogens with one attached hydrogen (secondary N) is 1. The number of methoxy groups -OCH3 is 1. The number of carbonyl (C=O) groups is 1. The molecule has 4 heteroatoms. The minimum atomic E-state index is -0.0936. The number of ether oxygens (including phenoxy) is 2. The Kier molecular flexibility index (Phi) is 6.03. The van der Waals surface area contributed by atoms with E-state index in [0.717, 1.165) is 0 Å². The summed E-state index contributed by atoms with van der Waals surface area (Å²) in [5, 5.41) is 2.85. The van der Waals surface area contributed by atoms with Crippen LogP contribution in [0.25, 0.3) is 0 Å². The molecule has 4 nitrogen and oxygen atoms in total. The van der Waals surface area contributed by atoms with Crippen LogP contribution in [0.3, 0.4) is 0 Å². The SMILES string of the molecule is COc1ccccc1OCCNC(=O)c1ccc(C(C)C)cc1. The van der Waals surface area contributed by atoms with Crippen LogP contribution < -0.4 is 14.8 Å². The molecule has 2 rings (SSSR count). The first-order valence-electron chi connectivity index (χ1n) is 7.75. The molecule has 23 heavy (non-hydrogen) atoms. The van der Waals surface area contributed by atoms with E-state index in [2.05, 4.69) is 19.2 Å². The summed E-state index contributed by atoms with van der Waals surface area (Å²) in [7, 11) is 1.60. The van der Waals surface area contributed by atoms with Gasteiger partial charge in [-0.05, 0) is 35.7 Å². The highest BCUT2D eigenvalue weighted by molar-refractivity contribution is 5.94. The van der Waals surface area contributed by atoms with Crippen LogP contribution in [0, 0.1) is 0 Å².